The fourth-order valence-electron chi connectivity index (χ4n) is 3.70. The van der Waals surface area contributed by atoms with Gasteiger partial charge in [-0.05, 0) is 60.0 Å². The third-order valence-corrected chi connectivity index (χ3v) is 5.67. The molecule has 0 saturated carbocycles. The van der Waals surface area contributed by atoms with Crippen molar-refractivity contribution in [3.8, 4) is 5.75 Å². The summed E-state index contributed by atoms with van der Waals surface area (Å²) in [5.41, 5.74) is 4.89. The van der Waals surface area contributed by atoms with Gasteiger partial charge in [0.15, 0.2) is 0 Å². The number of para-hydroxylation sites is 1. The van der Waals surface area contributed by atoms with Crippen molar-refractivity contribution >= 4 is 40.4 Å². The van der Waals surface area contributed by atoms with Crippen molar-refractivity contribution < 1.29 is 19.5 Å². The number of rotatable bonds is 9. The fraction of sp³-hybridized carbons (Fsp3) is 0.111. The van der Waals surface area contributed by atoms with Gasteiger partial charge in [0.25, 0.3) is 11.8 Å². The zero-order chi connectivity index (χ0) is 24.6. The smallest absolute Gasteiger partial charge is 0.267 e. The lowest BCUT2D eigenvalue weighted by Crippen LogP contribution is -2.40. The van der Waals surface area contributed by atoms with Crippen LogP contribution in [0, 0.1) is 0 Å². The van der Waals surface area contributed by atoms with Crippen LogP contribution in [0.1, 0.15) is 21.5 Å². The van der Waals surface area contributed by atoms with Crippen molar-refractivity contribution in [1.82, 2.24) is 15.8 Å². The van der Waals surface area contributed by atoms with E-state index in [1.807, 2.05) is 30.5 Å². The Balaban J connectivity index is 1.48. The van der Waals surface area contributed by atoms with Gasteiger partial charge in [-0.3, -0.25) is 14.8 Å². The van der Waals surface area contributed by atoms with Gasteiger partial charge in [0.1, 0.15) is 12.4 Å². The summed E-state index contributed by atoms with van der Waals surface area (Å²) in [5, 5.41) is 13.2. The summed E-state index contributed by atoms with van der Waals surface area (Å²) < 4.78 is 6.00. The molecule has 0 saturated heterocycles. The maximum absolute atomic E-state index is 12.9. The molecule has 0 radical (unpaired) electrons. The van der Waals surface area contributed by atoms with E-state index >= 15 is 0 Å². The second-order valence-corrected chi connectivity index (χ2v) is 8.37. The average Bonchev–Trinajstić information content (AvgIpc) is 3.29. The maximum atomic E-state index is 12.9. The Hall–Kier alpha value is -4.07. The van der Waals surface area contributed by atoms with E-state index in [4.69, 9.17) is 21.5 Å². The summed E-state index contributed by atoms with van der Waals surface area (Å²) in [6, 6.07) is 21.6. The number of hydroxylamine groups is 1. The minimum atomic E-state index is -0.610. The van der Waals surface area contributed by atoms with Crippen molar-refractivity contribution in [2.75, 3.05) is 6.61 Å². The Bertz CT molecular complexity index is 1350. The number of hydrogen-bond donors (Lipinski definition) is 4. The number of halogens is 1. The highest BCUT2D eigenvalue weighted by molar-refractivity contribution is 6.30. The molecule has 1 aromatic heterocycles. The second kappa shape index (κ2) is 11.4. The van der Waals surface area contributed by atoms with Gasteiger partial charge in [0.2, 0.25) is 0 Å². The molecule has 0 bridgehead atoms. The molecular formula is C27H24ClN3O4. The standard InChI is InChI=1S/C27H24ClN3O4/c28-21-5-3-4-19(14-21)27(33)30-22(15-20-16-29-25-7-2-1-6-24(20)25)17-35-23-11-8-18(9-12-23)10-13-26(32)31-34/h1-14,16,22,29,34H,15,17H2,(H,30,33)(H,31,32)/b13-10+/t22-/m0/s1. The molecule has 178 valence electrons. The molecule has 35 heavy (non-hydrogen) atoms. The first-order chi connectivity index (χ1) is 17.0. The highest BCUT2D eigenvalue weighted by Crippen LogP contribution is 2.20. The van der Waals surface area contributed by atoms with Crippen LogP contribution in [-0.4, -0.2) is 34.7 Å². The zero-order valence-corrected chi connectivity index (χ0v) is 19.5. The van der Waals surface area contributed by atoms with Crippen LogP contribution in [0.25, 0.3) is 17.0 Å². The lowest BCUT2D eigenvalue weighted by molar-refractivity contribution is -0.124. The quantitative estimate of drug-likeness (QED) is 0.154. The number of ether oxygens (including phenoxy) is 1. The Kier molecular flexibility index (Phi) is 7.82. The van der Waals surface area contributed by atoms with E-state index in [1.54, 1.807) is 60.1 Å². The van der Waals surface area contributed by atoms with Crippen LogP contribution >= 0.6 is 11.6 Å². The molecule has 4 aromatic rings. The van der Waals surface area contributed by atoms with E-state index in [0.29, 0.717) is 22.8 Å². The first-order valence-corrected chi connectivity index (χ1v) is 11.4. The lowest BCUT2D eigenvalue weighted by atomic mass is 10.0. The molecule has 0 aliphatic heterocycles. The number of H-pyrrole nitrogens is 1. The molecule has 0 aliphatic carbocycles. The topological polar surface area (TPSA) is 103 Å². The number of carbonyl (C=O) groups excluding carboxylic acids is 2. The molecule has 1 atom stereocenters. The van der Waals surface area contributed by atoms with Crippen molar-refractivity contribution in [2.24, 2.45) is 0 Å². The van der Waals surface area contributed by atoms with Crippen LogP contribution in [0.15, 0.2) is 85.1 Å². The Morgan fingerprint density at radius 3 is 2.63 bits per heavy atom. The minimum Gasteiger partial charge on any atom is -0.491 e. The lowest BCUT2D eigenvalue weighted by Gasteiger charge is -2.20. The van der Waals surface area contributed by atoms with Gasteiger partial charge < -0.3 is 15.0 Å². The van der Waals surface area contributed by atoms with Gasteiger partial charge in [-0.25, -0.2) is 5.48 Å². The second-order valence-electron chi connectivity index (χ2n) is 7.93. The molecule has 0 fully saturated rings. The summed E-state index contributed by atoms with van der Waals surface area (Å²) in [5.74, 6) is -0.223. The van der Waals surface area contributed by atoms with E-state index in [1.165, 1.54) is 6.08 Å². The summed E-state index contributed by atoms with van der Waals surface area (Å²) in [4.78, 5) is 27.3. The molecular weight excluding hydrogens is 466 g/mol. The number of nitrogens with one attached hydrogen (secondary N) is 3. The van der Waals surface area contributed by atoms with Gasteiger partial charge in [0.05, 0.1) is 6.04 Å². The predicted octanol–water partition coefficient (Wildman–Crippen LogP) is 4.76. The highest BCUT2D eigenvalue weighted by Gasteiger charge is 2.18. The predicted molar refractivity (Wildman–Crippen MR) is 136 cm³/mol. The van der Waals surface area contributed by atoms with Crippen molar-refractivity contribution in [3.05, 3.63) is 107 Å². The average molecular weight is 490 g/mol. The van der Waals surface area contributed by atoms with Crippen LogP contribution in [0.2, 0.25) is 5.02 Å². The maximum Gasteiger partial charge on any atom is 0.267 e. The number of carbonyl (C=O) groups is 2. The van der Waals surface area contributed by atoms with E-state index in [9.17, 15) is 9.59 Å². The molecule has 3 aromatic carbocycles. The monoisotopic (exact) mass is 489 g/mol. The minimum absolute atomic E-state index is 0.233. The van der Waals surface area contributed by atoms with E-state index in [0.717, 1.165) is 22.0 Å². The number of aromatic nitrogens is 1. The van der Waals surface area contributed by atoms with Crippen LogP contribution < -0.4 is 15.5 Å². The summed E-state index contributed by atoms with van der Waals surface area (Å²) >= 11 is 6.06. The van der Waals surface area contributed by atoms with Gasteiger partial charge >= 0.3 is 0 Å². The van der Waals surface area contributed by atoms with Crippen molar-refractivity contribution in [3.63, 3.8) is 0 Å². The molecule has 0 aliphatic rings. The molecule has 7 nitrogen and oxygen atoms in total. The highest BCUT2D eigenvalue weighted by atomic mass is 35.5. The molecule has 8 heteroatoms. The van der Waals surface area contributed by atoms with Gasteiger partial charge in [-0.15, -0.1) is 0 Å². The third kappa shape index (κ3) is 6.50. The number of hydrogen-bond acceptors (Lipinski definition) is 4. The SMILES string of the molecule is O=C(/C=C/c1ccc(OC[C@H](Cc2c[nH]c3ccccc23)NC(=O)c2cccc(Cl)c2)cc1)NO. The third-order valence-electron chi connectivity index (χ3n) is 5.43. The van der Waals surface area contributed by atoms with Gasteiger partial charge in [-0.1, -0.05) is 48.0 Å². The number of amides is 2. The Morgan fingerprint density at radius 1 is 1.06 bits per heavy atom. The Morgan fingerprint density at radius 2 is 1.86 bits per heavy atom. The van der Waals surface area contributed by atoms with E-state index < -0.39 is 5.91 Å². The summed E-state index contributed by atoms with van der Waals surface area (Å²) in [6.07, 6.45) is 5.30. The van der Waals surface area contributed by atoms with Crippen LogP contribution in [0.5, 0.6) is 5.75 Å². The largest absolute Gasteiger partial charge is 0.491 e. The van der Waals surface area contributed by atoms with Crippen molar-refractivity contribution in [2.45, 2.75) is 12.5 Å². The van der Waals surface area contributed by atoms with Crippen LogP contribution in [0.4, 0.5) is 0 Å². The molecule has 4 N–H and O–H groups in total. The summed E-state index contributed by atoms with van der Waals surface area (Å²) in [6.45, 7) is 0.244. The fourth-order valence-corrected chi connectivity index (χ4v) is 3.89. The molecule has 0 unspecified atom stereocenters. The van der Waals surface area contributed by atoms with Crippen LogP contribution in [0.3, 0.4) is 0 Å². The normalized spacial score (nSPS) is 11.9. The van der Waals surface area contributed by atoms with E-state index in [2.05, 4.69) is 10.3 Å². The van der Waals surface area contributed by atoms with Gasteiger partial charge in [-0.2, -0.15) is 0 Å². The van der Waals surface area contributed by atoms with E-state index in [-0.39, 0.29) is 18.6 Å². The molecule has 0 spiro atoms. The molecule has 2 amide bonds. The number of benzene rings is 3. The van der Waals surface area contributed by atoms with Gasteiger partial charge in [0, 0.05) is 33.8 Å². The van der Waals surface area contributed by atoms with Crippen LogP contribution in [-0.2, 0) is 11.2 Å². The zero-order valence-electron chi connectivity index (χ0n) is 18.7. The summed E-state index contributed by atoms with van der Waals surface area (Å²) in [7, 11) is 0. The molecule has 4 rings (SSSR count). The number of aromatic amines is 1. The van der Waals surface area contributed by atoms with Crippen molar-refractivity contribution in [1.29, 1.82) is 0 Å². The number of fused-ring (bicyclic) bond motifs is 1. The first kappa shape index (κ1) is 24.1. The molecule has 1 heterocycles. The Labute approximate surface area is 207 Å². The first-order valence-electron chi connectivity index (χ1n) is 11.0.